The van der Waals surface area contributed by atoms with Crippen LogP contribution in [0.5, 0.6) is 0 Å². The van der Waals surface area contributed by atoms with Crippen molar-refractivity contribution in [2.45, 2.75) is 31.9 Å². The Balaban J connectivity index is 1.89. The van der Waals surface area contributed by atoms with Crippen molar-refractivity contribution in [2.24, 2.45) is 0 Å². The zero-order valence-corrected chi connectivity index (χ0v) is 10.8. The van der Waals surface area contributed by atoms with Crippen LogP contribution in [-0.4, -0.2) is 32.5 Å². The molecule has 1 fully saturated rings. The topological polar surface area (TPSA) is 43.6 Å². The van der Waals surface area contributed by atoms with Crippen LogP contribution in [0.1, 0.15) is 30.9 Å². The van der Waals surface area contributed by atoms with Crippen LogP contribution in [0.3, 0.4) is 0 Å². The summed E-state index contributed by atoms with van der Waals surface area (Å²) >= 11 is 0. The molecule has 96 valence electrons. The molecule has 1 aromatic heterocycles. The molecule has 4 nitrogen and oxygen atoms in total. The molecule has 1 aliphatic heterocycles. The minimum atomic E-state index is -0.171. The van der Waals surface area contributed by atoms with Crippen molar-refractivity contribution in [2.75, 3.05) is 26.9 Å². The maximum atomic E-state index is 5.59. The molecular weight excluding hydrogens is 218 g/mol. The summed E-state index contributed by atoms with van der Waals surface area (Å²) in [5.41, 5.74) is -0.171. The average Bonchev–Trinajstić information content (AvgIpc) is 2.95. The van der Waals surface area contributed by atoms with Gasteiger partial charge in [-0.25, -0.2) is 0 Å². The van der Waals surface area contributed by atoms with Crippen LogP contribution in [0.2, 0.25) is 0 Å². The Morgan fingerprint density at radius 3 is 2.88 bits per heavy atom. The van der Waals surface area contributed by atoms with Gasteiger partial charge in [-0.1, -0.05) is 0 Å². The van der Waals surface area contributed by atoms with E-state index in [2.05, 4.69) is 12.2 Å². The Hall–Kier alpha value is -0.840. The number of furan rings is 1. The Kier molecular flexibility index (Phi) is 3.86. The standard InChI is InChI=1S/C13H21NO3/c1-10-4-5-12(17-10)11(2)14-8-13(15-3)6-7-16-9-13/h4-5,11,14H,6-9H2,1-3H3. The SMILES string of the molecule is COC1(CNC(C)c2ccc(C)o2)CCOC1. The van der Waals surface area contributed by atoms with Crippen LogP contribution >= 0.6 is 0 Å². The zero-order valence-electron chi connectivity index (χ0n) is 10.8. The molecular formula is C13H21NO3. The lowest BCUT2D eigenvalue weighted by Crippen LogP contribution is -2.43. The van der Waals surface area contributed by atoms with E-state index in [1.165, 1.54) is 0 Å². The number of methoxy groups -OCH3 is 1. The van der Waals surface area contributed by atoms with E-state index in [1.54, 1.807) is 7.11 Å². The maximum Gasteiger partial charge on any atom is 0.120 e. The molecule has 0 bridgehead atoms. The highest BCUT2D eigenvalue weighted by molar-refractivity contribution is 5.09. The number of aryl methyl sites for hydroxylation is 1. The highest BCUT2D eigenvalue weighted by atomic mass is 16.5. The van der Waals surface area contributed by atoms with E-state index in [1.807, 2.05) is 19.1 Å². The first-order valence-electron chi connectivity index (χ1n) is 6.08. The van der Waals surface area contributed by atoms with E-state index in [9.17, 15) is 0 Å². The molecule has 0 aromatic carbocycles. The van der Waals surface area contributed by atoms with Gasteiger partial charge in [0.25, 0.3) is 0 Å². The Labute approximate surface area is 102 Å². The van der Waals surface area contributed by atoms with Crippen LogP contribution in [0, 0.1) is 6.92 Å². The van der Waals surface area contributed by atoms with Crippen molar-refractivity contribution in [3.05, 3.63) is 23.7 Å². The number of ether oxygens (including phenoxy) is 2. The van der Waals surface area contributed by atoms with Crippen molar-refractivity contribution < 1.29 is 13.9 Å². The first-order chi connectivity index (χ1) is 8.15. The third-order valence-electron chi connectivity index (χ3n) is 3.42. The van der Waals surface area contributed by atoms with E-state index >= 15 is 0 Å². The van der Waals surface area contributed by atoms with Crippen molar-refractivity contribution in [1.82, 2.24) is 5.32 Å². The van der Waals surface area contributed by atoms with Gasteiger partial charge in [0, 0.05) is 26.7 Å². The molecule has 1 N–H and O–H groups in total. The third-order valence-corrected chi connectivity index (χ3v) is 3.42. The van der Waals surface area contributed by atoms with Gasteiger partial charge >= 0.3 is 0 Å². The molecule has 1 aliphatic rings. The fourth-order valence-electron chi connectivity index (χ4n) is 2.09. The van der Waals surface area contributed by atoms with Crippen LogP contribution in [-0.2, 0) is 9.47 Å². The molecule has 17 heavy (non-hydrogen) atoms. The first-order valence-corrected chi connectivity index (χ1v) is 6.08. The van der Waals surface area contributed by atoms with Gasteiger partial charge in [0.15, 0.2) is 0 Å². The summed E-state index contributed by atoms with van der Waals surface area (Å²) in [5.74, 6) is 1.91. The third kappa shape index (κ3) is 2.89. The van der Waals surface area contributed by atoms with Gasteiger partial charge in [0.2, 0.25) is 0 Å². The monoisotopic (exact) mass is 239 g/mol. The molecule has 0 radical (unpaired) electrons. The Morgan fingerprint density at radius 1 is 1.53 bits per heavy atom. The van der Waals surface area contributed by atoms with Crippen molar-refractivity contribution in [3.8, 4) is 0 Å². The van der Waals surface area contributed by atoms with Gasteiger partial charge in [-0.05, 0) is 26.0 Å². The minimum Gasteiger partial charge on any atom is -0.465 e. The van der Waals surface area contributed by atoms with Crippen molar-refractivity contribution in [1.29, 1.82) is 0 Å². The first kappa shape index (κ1) is 12.6. The summed E-state index contributed by atoms with van der Waals surface area (Å²) in [5, 5.41) is 3.45. The summed E-state index contributed by atoms with van der Waals surface area (Å²) in [6.07, 6.45) is 0.945. The molecule has 4 heteroatoms. The second-order valence-corrected chi connectivity index (χ2v) is 4.74. The molecule has 0 saturated carbocycles. The molecule has 2 heterocycles. The lowest BCUT2D eigenvalue weighted by molar-refractivity contribution is -0.0175. The molecule has 0 spiro atoms. The van der Waals surface area contributed by atoms with E-state index < -0.39 is 0 Å². The van der Waals surface area contributed by atoms with E-state index in [4.69, 9.17) is 13.9 Å². The zero-order chi connectivity index (χ0) is 12.3. The van der Waals surface area contributed by atoms with Crippen molar-refractivity contribution in [3.63, 3.8) is 0 Å². The van der Waals surface area contributed by atoms with Crippen LogP contribution < -0.4 is 5.32 Å². The summed E-state index contributed by atoms with van der Waals surface area (Å²) < 4.78 is 16.6. The van der Waals surface area contributed by atoms with Crippen molar-refractivity contribution >= 4 is 0 Å². The smallest absolute Gasteiger partial charge is 0.120 e. The highest BCUT2D eigenvalue weighted by Crippen LogP contribution is 2.23. The quantitative estimate of drug-likeness (QED) is 0.854. The average molecular weight is 239 g/mol. The molecule has 1 aromatic rings. The summed E-state index contributed by atoms with van der Waals surface area (Å²) in [4.78, 5) is 0. The molecule has 0 aliphatic carbocycles. The summed E-state index contributed by atoms with van der Waals surface area (Å²) in [6.45, 7) is 6.28. The molecule has 2 rings (SSSR count). The lowest BCUT2D eigenvalue weighted by atomic mass is 10.0. The van der Waals surface area contributed by atoms with E-state index in [-0.39, 0.29) is 11.6 Å². The predicted octanol–water partition coefficient (Wildman–Crippen LogP) is 2.04. The fourth-order valence-corrected chi connectivity index (χ4v) is 2.09. The van der Waals surface area contributed by atoms with Crippen LogP contribution in [0.25, 0.3) is 0 Å². The molecule has 2 unspecified atom stereocenters. The fraction of sp³-hybridized carbons (Fsp3) is 0.692. The molecule has 0 amide bonds. The largest absolute Gasteiger partial charge is 0.465 e. The van der Waals surface area contributed by atoms with Crippen LogP contribution in [0.4, 0.5) is 0 Å². The minimum absolute atomic E-state index is 0.171. The summed E-state index contributed by atoms with van der Waals surface area (Å²) in [7, 11) is 1.75. The second kappa shape index (κ2) is 5.21. The molecule has 1 saturated heterocycles. The summed E-state index contributed by atoms with van der Waals surface area (Å²) in [6, 6.07) is 4.19. The normalized spacial score (nSPS) is 26.3. The number of rotatable bonds is 5. The number of nitrogens with one attached hydrogen (secondary N) is 1. The number of hydrogen-bond donors (Lipinski definition) is 1. The Bertz CT molecular complexity index is 355. The highest BCUT2D eigenvalue weighted by Gasteiger charge is 2.35. The Morgan fingerprint density at radius 2 is 2.35 bits per heavy atom. The lowest BCUT2D eigenvalue weighted by Gasteiger charge is -2.27. The van der Waals surface area contributed by atoms with Gasteiger partial charge in [0.1, 0.15) is 17.1 Å². The van der Waals surface area contributed by atoms with E-state index in [0.29, 0.717) is 6.61 Å². The van der Waals surface area contributed by atoms with Gasteiger partial charge < -0.3 is 19.2 Å². The second-order valence-electron chi connectivity index (χ2n) is 4.74. The predicted molar refractivity (Wildman–Crippen MR) is 65.0 cm³/mol. The maximum absolute atomic E-state index is 5.59. The van der Waals surface area contributed by atoms with Crippen LogP contribution in [0.15, 0.2) is 16.5 Å². The van der Waals surface area contributed by atoms with E-state index in [0.717, 1.165) is 31.1 Å². The van der Waals surface area contributed by atoms with Gasteiger partial charge in [-0.15, -0.1) is 0 Å². The van der Waals surface area contributed by atoms with Gasteiger partial charge in [-0.3, -0.25) is 0 Å². The van der Waals surface area contributed by atoms with Gasteiger partial charge in [0.05, 0.1) is 12.6 Å². The molecule has 2 atom stereocenters. The number of hydrogen-bond acceptors (Lipinski definition) is 4. The van der Waals surface area contributed by atoms with Gasteiger partial charge in [-0.2, -0.15) is 0 Å².